The molecule has 5 heteroatoms. The average Bonchev–Trinajstić information content (AvgIpc) is 3.69. The summed E-state index contributed by atoms with van der Waals surface area (Å²) >= 11 is 0. The number of rotatable bonds is 3. The molecule has 0 spiro atoms. The van der Waals surface area contributed by atoms with Crippen LogP contribution in [0.3, 0.4) is 0 Å². The lowest BCUT2D eigenvalue weighted by atomic mass is 10.2. The van der Waals surface area contributed by atoms with Gasteiger partial charge in [0.15, 0.2) is 0 Å². The van der Waals surface area contributed by atoms with Crippen molar-refractivity contribution in [1.29, 1.82) is 0 Å². The van der Waals surface area contributed by atoms with E-state index in [0.717, 1.165) is 66.6 Å². The summed E-state index contributed by atoms with van der Waals surface area (Å²) in [4.78, 5) is 9.96. The largest absolute Gasteiger partial charge is 0.305 e. The number of para-hydroxylation sites is 4. The van der Waals surface area contributed by atoms with E-state index < -0.39 is 0 Å². The first-order valence-electron chi connectivity index (χ1n) is 13.8. The lowest BCUT2D eigenvalue weighted by Crippen LogP contribution is -2.05. The van der Waals surface area contributed by atoms with Gasteiger partial charge in [-0.15, -0.1) is 0 Å². The lowest BCUT2D eigenvalue weighted by Gasteiger charge is -2.15. The maximum atomic E-state index is 5.11. The van der Waals surface area contributed by atoms with Crippen molar-refractivity contribution in [3.63, 3.8) is 0 Å². The van der Waals surface area contributed by atoms with E-state index in [1.54, 1.807) is 0 Å². The van der Waals surface area contributed by atoms with Gasteiger partial charge in [-0.3, -0.25) is 19.1 Å². The highest BCUT2D eigenvalue weighted by Crippen LogP contribution is 2.41. The molecule has 0 unspecified atom stereocenters. The highest BCUT2D eigenvalue weighted by Gasteiger charge is 2.24. The number of hydrogen-bond donors (Lipinski definition) is 0. The second kappa shape index (κ2) is 8.41. The molecule has 9 rings (SSSR count). The fourth-order valence-corrected chi connectivity index (χ4v) is 6.43. The number of aromatic nitrogens is 5. The molecule has 0 aliphatic heterocycles. The minimum atomic E-state index is 0.946. The Morgan fingerprint density at radius 3 is 1.90 bits per heavy atom. The number of nitrogens with zero attached hydrogens (tertiary/aromatic N) is 5. The van der Waals surface area contributed by atoms with E-state index in [2.05, 4.69) is 135 Å². The highest BCUT2D eigenvalue weighted by atomic mass is 15.2. The van der Waals surface area contributed by atoms with Crippen molar-refractivity contribution < 1.29 is 0 Å². The van der Waals surface area contributed by atoms with E-state index in [9.17, 15) is 0 Å². The van der Waals surface area contributed by atoms with Crippen molar-refractivity contribution in [3.8, 4) is 17.2 Å². The maximum absolute atomic E-state index is 5.11. The van der Waals surface area contributed by atoms with Crippen LogP contribution in [0.4, 0.5) is 0 Å². The molecule has 5 nitrogen and oxygen atoms in total. The van der Waals surface area contributed by atoms with Gasteiger partial charge in [0, 0.05) is 39.9 Å². The van der Waals surface area contributed by atoms with Crippen LogP contribution in [0.2, 0.25) is 0 Å². The molecule has 0 saturated carbocycles. The van der Waals surface area contributed by atoms with Gasteiger partial charge in [-0.1, -0.05) is 72.8 Å². The van der Waals surface area contributed by atoms with E-state index in [-0.39, 0.29) is 0 Å². The Morgan fingerprint density at radius 2 is 1.10 bits per heavy atom. The van der Waals surface area contributed by atoms with Crippen LogP contribution in [0.15, 0.2) is 140 Å². The standard InChI is InChI=1S/C36H23N5/c1-3-13-25(14-4-1)39-29-18-9-7-12-24(29)22-32(39)41-30-19-10-8-17-27(30)34-36(41)35-28(23-38-34)33-31(20-11-21-37-33)40(35)26-15-5-2-6-16-26/h1-23H. The fraction of sp³-hybridized carbons (Fsp3) is 0. The van der Waals surface area contributed by atoms with Crippen molar-refractivity contribution in [2.75, 3.05) is 0 Å². The summed E-state index contributed by atoms with van der Waals surface area (Å²) in [5, 5.41) is 3.33. The Balaban J connectivity index is 1.55. The first kappa shape index (κ1) is 22.2. The molecule has 192 valence electrons. The Hall–Kier alpha value is -5.68. The normalized spacial score (nSPS) is 11.9. The quantitative estimate of drug-likeness (QED) is 0.232. The molecule has 9 aromatic rings. The highest BCUT2D eigenvalue weighted by molar-refractivity contribution is 6.21. The second-order valence-electron chi connectivity index (χ2n) is 10.3. The van der Waals surface area contributed by atoms with Gasteiger partial charge in [0.1, 0.15) is 5.82 Å². The molecule has 0 atom stereocenters. The Labute approximate surface area is 235 Å². The number of benzene rings is 4. The van der Waals surface area contributed by atoms with Crippen LogP contribution >= 0.6 is 0 Å². The lowest BCUT2D eigenvalue weighted by molar-refractivity contribution is 1.000. The Morgan fingerprint density at radius 1 is 0.439 bits per heavy atom. The van der Waals surface area contributed by atoms with E-state index in [1.165, 1.54) is 5.39 Å². The predicted octanol–water partition coefficient (Wildman–Crippen LogP) is 8.61. The smallest absolute Gasteiger partial charge is 0.123 e. The van der Waals surface area contributed by atoms with Gasteiger partial charge in [0.05, 0.1) is 38.6 Å². The molecule has 0 aliphatic carbocycles. The van der Waals surface area contributed by atoms with Crippen LogP contribution in [0.1, 0.15) is 0 Å². The van der Waals surface area contributed by atoms with Crippen LogP contribution in [-0.2, 0) is 0 Å². The molecule has 5 aromatic heterocycles. The third-order valence-electron chi connectivity index (χ3n) is 8.11. The van der Waals surface area contributed by atoms with Gasteiger partial charge in [-0.05, 0) is 54.6 Å². The molecule has 0 aliphatic rings. The zero-order valence-corrected chi connectivity index (χ0v) is 22.0. The summed E-state index contributed by atoms with van der Waals surface area (Å²) in [6.07, 6.45) is 3.86. The zero-order valence-electron chi connectivity index (χ0n) is 22.0. The molecular weight excluding hydrogens is 502 g/mol. The van der Waals surface area contributed by atoms with Crippen LogP contribution in [0, 0.1) is 0 Å². The van der Waals surface area contributed by atoms with Gasteiger partial charge in [-0.2, -0.15) is 0 Å². The van der Waals surface area contributed by atoms with Gasteiger partial charge in [-0.25, -0.2) is 0 Å². The van der Waals surface area contributed by atoms with Crippen LogP contribution in [-0.4, -0.2) is 23.7 Å². The Kier molecular flexibility index (Phi) is 4.55. The SMILES string of the molecule is c1ccc(-n2c(-n3c4ccccc4c4ncc5c6ncccc6n(-c6ccccc6)c5c43)cc3ccccc32)cc1. The average molecular weight is 526 g/mol. The van der Waals surface area contributed by atoms with Gasteiger partial charge < -0.3 is 4.57 Å². The third kappa shape index (κ3) is 3.06. The first-order valence-corrected chi connectivity index (χ1v) is 13.8. The van der Waals surface area contributed by atoms with E-state index in [1.807, 2.05) is 18.5 Å². The molecule has 0 amide bonds. The van der Waals surface area contributed by atoms with Gasteiger partial charge >= 0.3 is 0 Å². The minimum absolute atomic E-state index is 0.946. The summed E-state index contributed by atoms with van der Waals surface area (Å²) in [6, 6.07) is 44.8. The van der Waals surface area contributed by atoms with Crippen LogP contribution < -0.4 is 0 Å². The first-order chi connectivity index (χ1) is 20.4. The van der Waals surface area contributed by atoms with Crippen LogP contribution in [0.25, 0.3) is 72.0 Å². The van der Waals surface area contributed by atoms with E-state index in [4.69, 9.17) is 9.97 Å². The summed E-state index contributed by atoms with van der Waals surface area (Å²) < 4.78 is 7.09. The number of hydrogen-bond acceptors (Lipinski definition) is 2. The number of pyridine rings is 2. The molecule has 41 heavy (non-hydrogen) atoms. The predicted molar refractivity (Wildman–Crippen MR) is 168 cm³/mol. The fourth-order valence-electron chi connectivity index (χ4n) is 6.43. The summed E-state index contributed by atoms with van der Waals surface area (Å²) in [7, 11) is 0. The van der Waals surface area contributed by atoms with Gasteiger partial charge in [0.25, 0.3) is 0 Å². The van der Waals surface area contributed by atoms with E-state index >= 15 is 0 Å². The third-order valence-corrected chi connectivity index (χ3v) is 8.11. The molecule has 0 fully saturated rings. The van der Waals surface area contributed by atoms with E-state index in [0.29, 0.717) is 0 Å². The Bertz CT molecular complexity index is 2410. The second-order valence-corrected chi connectivity index (χ2v) is 10.3. The van der Waals surface area contributed by atoms with Crippen LogP contribution in [0.5, 0.6) is 0 Å². The zero-order chi connectivity index (χ0) is 26.9. The van der Waals surface area contributed by atoms with Crippen molar-refractivity contribution in [2.24, 2.45) is 0 Å². The van der Waals surface area contributed by atoms with Crippen molar-refractivity contribution >= 4 is 54.8 Å². The summed E-state index contributed by atoms with van der Waals surface area (Å²) in [6.45, 7) is 0. The monoisotopic (exact) mass is 525 g/mol. The summed E-state index contributed by atoms with van der Waals surface area (Å²) in [5.74, 6) is 1.07. The molecular formula is C36H23N5. The molecule has 4 aromatic carbocycles. The van der Waals surface area contributed by atoms with Crippen molar-refractivity contribution in [1.82, 2.24) is 23.7 Å². The molecule has 0 N–H and O–H groups in total. The molecule has 5 heterocycles. The van der Waals surface area contributed by atoms with Gasteiger partial charge in [0.2, 0.25) is 0 Å². The molecule has 0 radical (unpaired) electrons. The maximum Gasteiger partial charge on any atom is 0.123 e. The number of fused-ring (bicyclic) bond motifs is 8. The van der Waals surface area contributed by atoms with Crippen molar-refractivity contribution in [2.45, 2.75) is 0 Å². The minimum Gasteiger partial charge on any atom is -0.305 e. The molecule has 0 bridgehead atoms. The molecule has 0 saturated heterocycles. The van der Waals surface area contributed by atoms with Crippen molar-refractivity contribution in [3.05, 3.63) is 140 Å². The topological polar surface area (TPSA) is 40.6 Å². The summed E-state index contributed by atoms with van der Waals surface area (Å²) in [5.41, 5.74) is 9.60.